The maximum Gasteiger partial charge on any atom is 0.425 e. The van der Waals surface area contributed by atoms with Crippen LogP contribution < -0.4 is 0 Å². The van der Waals surface area contributed by atoms with E-state index in [0.29, 0.717) is 27.8 Å². The summed E-state index contributed by atoms with van der Waals surface area (Å²) in [6.45, 7) is 3.53. The van der Waals surface area contributed by atoms with Gasteiger partial charge >= 0.3 is 6.18 Å². The molecule has 0 saturated heterocycles. The van der Waals surface area contributed by atoms with Crippen LogP contribution in [0.25, 0.3) is 16.7 Å². The van der Waals surface area contributed by atoms with E-state index in [0.717, 1.165) is 0 Å². The zero-order valence-corrected chi connectivity index (χ0v) is 14.1. The SMILES string of the molecule is C/C=C(\C=NC)c1cc(C)cc2c1-c1ccccc1C2(O)C(F)(F)F. The Morgan fingerprint density at radius 1 is 1.16 bits per heavy atom. The summed E-state index contributed by atoms with van der Waals surface area (Å²) >= 11 is 0. The molecule has 0 aliphatic heterocycles. The third-order valence-electron chi connectivity index (χ3n) is 4.56. The number of rotatable bonds is 2. The van der Waals surface area contributed by atoms with Crippen molar-refractivity contribution >= 4 is 11.8 Å². The van der Waals surface area contributed by atoms with Crippen molar-refractivity contribution in [3.8, 4) is 11.1 Å². The summed E-state index contributed by atoms with van der Waals surface area (Å²) < 4.78 is 41.7. The van der Waals surface area contributed by atoms with E-state index in [9.17, 15) is 18.3 Å². The molecule has 3 rings (SSSR count). The summed E-state index contributed by atoms with van der Waals surface area (Å²) in [6.07, 6.45) is -1.41. The van der Waals surface area contributed by atoms with Crippen molar-refractivity contribution in [2.75, 3.05) is 7.05 Å². The summed E-state index contributed by atoms with van der Waals surface area (Å²) in [5.74, 6) is 0. The highest BCUT2D eigenvalue weighted by atomic mass is 19.4. The molecule has 25 heavy (non-hydrogen) atoms. The summed E-state index contributed by atoms with van der Waals surface area (Å²) in [6, 6.07) is 9.39. The lowest BCUT2D eigenvalue weighted by Gasteiger charge is -2.28. The average molecular weight is 345 g/mol. The molecule has 1 N–H and O–H groups in total. The molecule has 0 spiro atoms. The van der Waals surface area contributed by atoms with Gasteiger partial charge in [-0.05, 0) is 36.1 Å². The number of aryl methyl sites for hydroxylation is 1. The van der Waals surface area contributed by atoms with Gasteiger partial charge in [-0.25, -0.2) is 0 Å². The highest BCUT2D eigenvalue weighted by molar-refractivity contribution is 6.13. The monoisotopic (exact) mass is 345 g/mol. The summed E-state index contributed by atoms with van der Waals surface area (Å²) in [5.41, 5.74) is -0.465. The van der Waals surface area contributed by atoms with Gasteiger partial charge in [0, 0.05) is 24.4 Å². The minimum absolute atomic E-state index is 0.125. The van der Waals surface area contributed by atoms with E-state index in [1.54, 1.807) is 38.4 Å². The second-order valence-corrected chi connectivity index (χ2v) is 6.12. The second kappa shape index (κ2) is 5.85. The molecule has 5 heteroatoms. The van der Waals surface area contributed by atoms with E-state index in [1.165, 1.54) is 18.2 Å². The Morgan fingerprint density at radius 3 is 2.44 bits per heavy atom. The van der Waals surface area contributed by atoms with Gasteiger partial charge in [-0.3, -0.25) is 4.99 Å². The van der Waals surface area contributed by atoms with Gasteiger partial charge < -0.3 is 5.11 Å². The van der Waals surface area contributed by atoms with Crippen LogP contribution in [-0.2, 0) is 5.60 Å². The number of allylic oxidation sites excluding steroid dienone is 2. The standard InChI is InChI=1S/C20H18F3NO/c1-4-13(11-24-3)15-9-12(2)10-17-18(15)14-7-5-6-8-16(14)19(17,25)20(21,22)23/h4-11,25H,1-3H3/b13-4+,24-11?. The fraction of sp³-hybridized carbons (Fsp3) is 0.250. The summed E-state index contributed by atoms with van der Waals surface area (Å²) in [5, 5.41) is 10.8. The molecule has 2 nitrogen and oxygen atoms in total. The number of hydrogen-bond donors (Lipinski definition) is 1. The van der Waals surface area contributed by atoms with E-state index < -0.39 is 11.8 Å². The Balaban J connectivity index is 2.47. The molecule has 1 aliphatic carbocycles. The zero-order chi connectivity index (χ0) is 18.4. The number of aliphatic imine (C=N–C) groups is 1. The molecule has 0 heterocycles. The lowest BCUT2D eigenvalue weighted by Crippen LogP contribution is -2.41. The molecule has 130 valence electrons. The number of nitrogens with zero attached hydrogens (tertiary/aromatic N) is 1. The average Bonchev–Trinajstić information content (AvgIpc) is 2.82. The fourth-order valence-electron chi connectivity index (χ4n) is 3.50. The Morgan fingerprint density at radius 2 is 1.84 bits per heavy atom. The van der Waals surface area contributed by atoms with Gasteiger partial charge in [0.2, 0.25) is 5.60 Å². The van der Waals surface area contributed by atoms with Gasteiger partial charge in [0.1, 0.15) is 0 Å². The van der Waals surface area contributed by atoms with Crippen LogP contribution >= 0.6 is 0 Å². The molecule has 0 amide bonds. The summed E-state index contributed by atoms with van der Waals surface area (Å²) in [7, 11) is 1.61. The van der Waals surface area contributed by atoms with E-state index in [1.807, 2.05) is 13.0 Å². The van der Waals surface area contributed by atoms with E-state index >= 15 is 0 Å². The number of hydrogen-bond acceptors (Lipinski definition) is 2. The molecule has 1 aliphatic rings. The molecule has 2 aromatic carbocycles. The van der Waals surface area contributed by atoms with Crippen LogP contribution in [-0.4, -0.2) is 24.5 Å². The van der Waals surface area contributed by atoms with E-state index in [2.05, 4.69) is 4.99 Å². The van der Waals surface area contributed by atoms with Crippen LogP contribution in [0.5, 0.6) is 0 Å². The van der Waals surface area contributed by atoms with E-state index in [-0.39, 0.29) is 11.1 Å². The first kappa shape index (κ1) is 17.4. The Bertz CT molecular complexity index is 896. The second-order valence-electron chi connectivity index (χ2n) is 6.12. The van der Waals surface area contributed by atoms with Gasteiger partial charge in [-0.2, -0.15) is 13.2 Å². The maximum absolute atomic E-state index is 13.9. The first-order valence-electron chi connectivity index (χ1n) is 7.88. The Labute approximate surface area is 144 Å². The zero-order valence-electron chi connectivity index (χ0n) is 14.1. The van der Waals surface area contributed by atoms with Crippen molar-refractivity contribution in [1.82, 2.24) is 0 Å². The summed E-state index contributed by atoms with van der Waals surface area (Å²) in [4.78, 5) is 4.00. The van der Waals surface area contributed by atoms with Crippen LogP contribution in [0.3, 0.4) is 0 Å². The van der Waals surface area contributed by atoms with Gasteiger partial charge in [0.25, 0.3) is 0 Å². The lowest BCUT2D eigenvalue weighted by atomic mass is 9.87. The highest BCUT2D eigenvalue weighted by Crippen LogP contribution is 2.56. The Kier molecular flexibility index (Phi) is 4.07. The van der Waals surface area contributed by atoms with Crippen LogP contribution in [0, 0.1) is 6.92 Å². The number of aliphatic hydroxyl groups is 1. The first-order valence-corrected chi connectivity index (χ1v) is 7.88. The van der Waals surface area contributed by atoms with Crippen LogP contribution in [0.15, 0.2) is 47.5 Å². The fourth-order valence-corrected chi connectivity index (χ4v) is 3.50. The molecule has 0 fully saturated rings. The maximum atomic E-state index is 13.9. The Hall–Kier alpha value is -2.40. The lowest BCUT2D eigenvalue weighted by molar-refractivity contribution is -0.246. The molecular formula is C20H18F3NO. The molecule has 0 radical (unpaired) electrons. The van der Waals surface area contributed by atoms with E-state index in [4.69, 9.17) is 0 Å². The minimum Gasteiger partial charge on any atom is -0.372 e. The van der Waals surface area contributed by atoms with Crippen LogP contribution in [0.2, 0.25) is 0 Å². The quantitative estimate of drug-likeness (QED) is 0.773. The molecule has 0 bridgehead atoms. The topological polar surface area (TPSA) is 32.6 Å². The molecule has 1 atom stereocenters. The molecule has 0 aromatic heterocycles. The molecule has 0 saturated carbocycles. The third-order valence-corrected chi connectivity index (χ3v) is 4.56. The van der Waals surface area contributed by atoms with Gasteiger partial charge in [-0.15, -0.1) is 0 Å². The van der Waals surface area contributed by atoms with Crippen molar-refractivity contribution in [1.29, 1.82) is 0 Å². The number of benzene rings is 2. The van der Waals surface area contributed by atoms with Gasteiger partial charge in [0.05, 0.1) is 0 Å². The first-order chi connectivity index (χ1) is 11.8. The van der Waals surface area contributed by atoms with Crippen LogP contribution in [0.1, 0.15) is 29.2 Å². The number of halogens is 3. The molecule has 2 aromatic rings. The van der Waals surface area contributed by atoms with Crippen molar-refractivity contribution in [2.45, 2.75) is 25.6 Å². The predicted octanol–water partition coefficient (Wildman–Crippen LogP) is 4.88. The van der Waals surface area contributed by atoms with Crippen molar-refractivity contribution in [3.63, 3.8) is 0 Å². The van der Waals surface area contributed by atoms with Gasteiger partial charge in [-0.1, -0.05) is 48.0 Å². The third kappa shape index (κ3) is 2.42. The highest BCUT2D eigenvalue weighted by Gasteiger charge is 2.61. The molecular weight excluding hydrogens is 327 g/mol. The van der Waals surface area contributed by atoms with Crippen molar-refractivity contribution in [2.24, 2.45) is 4.99 Å². The molecule has 1 unspecified atom stereocenters. The smallest absolute Gasteiger partial charge is 0.372 e. The normalized spacial score (nSPS) is 20.0. The van der Waals surface area contributed by atoms with Crippen LogP contribution in [0.4, 0.5) is 13.2 Å². The van der Waals surface area contributed by atoms with Crippen molar-refractivity contribution in [3.05, 3.63) is 64.7 Å². The van der Waals surface area contributed by atoms with Crippen molar-refractivity contribution < 1.29 is 18.3 Å². The predicted molar refractivity (Wildman–Crippen MR) is 93.7 cm³/mol. The minimum atomic E-state index is -4.83. The number of alkyl halides is 3. The largest absolute Gasteiger partial charge is 0.425 e. The van der Waals surface area contributed by atoms with Gasteiger partial charge in [0.15, 0.2) is 0 Å². The number of fused-ring (bicyclic) bond motifs is 3.